The third kappa shape index (κ3) is 0.635. The Bertz CT molecular complexity index is 319. The van der Waals surface area contributed by atoms with Gasteiger partial charge in [-0.25, -0.2) is 0 Å². The molecule has 1 aromatic rings. The maximum atomic E-state index is 10.9. The highest BCUT2D eigenvalue weighted by Crippen LogP contribution is 2.11. The number of rotatable bonds is 0. The highest BCUT2D eigenvalue weighted by Gasteiger charge is 2.08. The van der Waals surface area contributed by atoms with E-state index in [0.29, 0.717) is 0 Å². The first-order valence-corrected chi connectivity index (χ1v) is 3.34. The summed E-state index contributed by atoms with van der Waals surface area (Å²) < 4.78 is 0. The fourth-order valence-electron chi connectivity index (χ4n) is 1.21. The average molecular weight is 136 g/mol. The van der Waals surface area contributed by atoms with Gasteiger partial charge >= 0.3 is 0 Å². The molecule has 0 fully saturated rings. The maximum absolute atomic E-state index is 10.9. The fourth-order valence-corrected chi connectivity index (χ4v) is 1.21. The summed E-state index contributed by atoms with van der Waals surface area (Å²) in [5.74, 6) is 0. The van der Waals surface area contributed by atoms with Crippen LogP contribution in [-0.4, -0.2) is 10.2 Å². The number of hydrogen-bond acceptors (Lipinski definition) is 1. The van der Waals surface area contributed by atoms with Crippen LogP contribution >= 0.6 is 0 Å². The monoisotopic (exact) mass is 136 g/mol. The third-order valence-electron chi connectivity index (χ3n) is 1.74. The second-order valence-electron chi connectivity index (χ2n) is 2.41. The van der Waals surface area contributed by atoms with Crippen LogP contribution in [0, 0.1) is 0 Å². The van der Waals surface area contributed by atoms with E-state index in [1.165, 1.54) is 0 Å². The van der Waals surface area contributed by atoms with E-state index >= 15 is 0 Å². The van der Waals surface area contributed by atoms with Crippen molar-refractivity contribution in [3.8, 4) is 0 Å². The predicted molar refractivity (Wildman–Crippen MR) is 38.8 cm³/mol. The number of fused-ring (bicyclic) bond motifs is 1. The maximum Gasteiger partial charge on any atom is 0.271 e. The first kappa shape index (κ1) is 5.53. The van der Waals surface area contributed by atoms with Crippen LogP contribution < -0.4 is 5.56 Å². The van der Waals surface area contributed by atoms with Crippen LogP contribution in [0.1, 0.15) is 17.7 Å². The molecule has 0 bridgehead atoms. The average Bonchev–Trinajstić information content (AvgIpc) is 2.34. The molecular formula is C7H8N2O. The van der Waals surface area contributed by atoms with Gasteiger partial charge in [0.1, 0.15) is 0 Å². The van der Waals surface area contributed by atoms with E-state index in [1.807, 2.05) is 12.2 Å². The van der Waals surface area contributed by atoms with Gasteiger partial charge < -0.3 is 5.10 Å². The van der Waals surface area contributed by atoms with Crippen molar-refractivity contribution in [1.29, 1.82) is 0 Å². The van der Waals surface area contributed by atoms with Gasteiger partial charge in [-0.15, -0.1) is 0 Å². The molecule has 0 radical (unpaired) electrons. The minimum absolute atomic E-state index is 0.00838. The van der Waals surface area contributed by atoms with Gasteiger partial charge in [0, 0.05) is 5.69 Å². The molecule has 1 aliphatic rings. The number of aromatic amines is 2. The van der Waals surface area contributed by atoms with E-state index in [1.54, 1.807) is 0 Å². The van der Waals surface area contributed by atoms with Crippen molar-refractivity contribution in [1.82, 2.24) is 10.2 Å². The van der Waals surface area contributed by atoms with Crippen LogP contribution in [-0.2, 0) is 6.42 Å². The summed E-state index contributed by atoms with van der Waals surface area (Å²) in [6.07, 6.45) is 5.87. The largest absolute Gasteiger partial charge is 0.302 e. The molecule has 0 unspecified atom stereocenters. The van der Waals surface area contributed by atoms with Crippen LogP contribution in [0.5, 0.6) is 0 Å². The van der Waals surface area contributed by atoms with Gasteiger partial charge in [0.15, 0.2) is 0 Å². The number of hydrogen-bond donors (Lipinski definition) is 2. The second kappa shape index (κ2) is 1.87. The van der Waals surface area contributed by atoms with Crippen LogP contribution in [0.4, 0.5) is 0 Å². The summed E-state index contributed by atoms with van der Waals surface area (Å²) in [5.41, 5.74) is 1.82. The summed E-state index contributed by atoms with van der Waals surface area (Å²) >= 11 is 0. The smallest absolute Gasteiger partial charge is 0.271 e. The van der Waals surface area contributed by atoms with Gasteiger partial charge in [0.25, 0.3) is 5.56 Å². The molecule has 1 aromatic heterocycles. The zero-order valence-electron chi connectivity index (χ0n) is 5.48. The molecule has 0 aromatic carbocycles. The lowest BCUT2D eigenvalue weighted by molar-refractivity contribution is 0.905. The standard InChI is InChI=1S/C7H8N2O/c10-7-5-3-1-2-4-6(5)8-9-7/h1,3H,2,4H2,(H2,8,9,10). The van der Waals surface area contributed by atoms with Gasteiger partial charge in [0.05, 0.1) is 5.56 Å². The van der Waals surface area contributed by atoms with E-state index in [0.717, 1.165) is 24.1 Å². The van der Waals surface area contributed by atoms with Gasteiger partial charge in [-0.2, -0.15) is 0 Å². The quantitative estimate of drug-likeness (QED) is 0.541. The Balaban J connectivity index is 2.68. The van der Waals surface area contributed by atoms with Crippen molar-refractivity contribution in [3.63, 3.8) is 0 Å². The number of allylic oxidation sites excluding steroid dienone is 1. The normalized spacial score (nSPS) is 15.2. The first-order chi connectivity index (χ1) is 4.88. The lowest BCUT2D eigenvalue weighted by Gasteiger charge is -1.99. The Hall–Kier alpha value is -1.25. The zero-order chi connectivity index (χ0) is 6.97. The van der Waals surface area contributed by atoms with Crippen LogP contribution in [0.15, 0.2) is 10.9 Å². The molecule has 0 saturated heterocycles. The molecule has 52 valence electrons. The molecular weight excluding hydrogens is 128 g/mol. The van der Waals surface area contributed by atoms with Crippen LogP contribution in [0.25, 0.3) is 6.08 Å². The molecule has 10 heavy (non-hydrogen) atoms. The Kier molecular flexibility index (Phi) is 1.03. The third-order valence-corrected chi connectivity index (χ3v) is 1.74. The number of H-pyrrole nitrogens is 2. The van der Waals surface area contributed by atoms with E-state index in [2.05, 4.69) is 10.2 Å². The first-order valence-electron chi connectivity index (χ1n) is 3.34. The Morgan fingerprint density at radius 2 is 2.30 bits per heavy atom. The van der Waals surface area contributed by atoms with Crippen molar-refractivity contribution >= 4 is 6.08 Å². The number of aromatic nitrogens is 2. The SMILES string of the molecule is O=c1[nH][nH]c2c1C=CCC2. The molecule has 2 N–H and O–H groups in total. The molecule has 1 heterocycles. The number of nitrogens with one attached hydrogen (secondary N) is 2. The summed E-state index contributed by atoms with van der Waals surface area (Å²) in [5, 5.41) is 5.38. The van der Waals surface area contributed by atoms with Crippen molar-refractivity contribution in [2.24, 2.45) is 0 Å². The van der Waals surface area contributed by atoms with Gasteiger partial charge in [0.2, 0.25) is 0 Å². The predicted octanol–water partition coefficient (Wildman–Crippen LogP) is 0.662. The van der Waals surface area contributed by atoms with E-state index < -0.39 is 0 Å². The van der Waals surface area contributed by atoms with E-state index in [4.69, 9.17) is 0 Å². The fraction of sp³-hybridized carbons (Fsp3) is 0.286. The van der Waals surface area contributed by atoms with Crippen molar-refractivity contribution in [3.05, 3.63) is 27.7 Å². The topological polar surface area (TPSA) is 48.6 Å². The summed E-state index contributed by atoms with van der Waals surface area (Å²) in [6.45, 7) is 0. The molecule has 3 heteroatoms. The molecule has 0 amide bonds. The molecule has 0 spiro atoms. The molecule has 0 atom stereocenters. The minimum atomic E-state index is -0.00838. The summed E-state index contributed by atoms with van der Waals surface area (Å²) in [7, 11) is 0. The van der Waals surface area contributed by atoms with Crippen molar-refractivity contribution < 1.29 is 0 Å². The Morgan fingerprint density at radius 1 is 1.40 bits per heavy atom. The Morgan fingerprint density at radius 3 is 3.10 bits per heavy atom. The molecule has 0 aliphatic heterocycles. The Labute approximate surface area is 57.8 Å². The van der Waals surface area contributed by atoms with Gasteiger partial charge in [-0.1, -0.05) is 12.2 Å². The summed E-state index contributed by atoms with van der Waals surface area (Å²) in [4.78, 5) is 10.9. The lowest BCUT2D eigenvalue weighted by Crippen LogP contribution is -2.03. The second-order valence-corrected chi connectivity index (χ2v) is 2.41. The minimum Gasteiger partial charge on any atom is -0.302 e. The van der Waals surface area contributed by atoms with E-state index in [9.17, 15) is 4.79 Å². The molecule has 1 aliphatic carbocycles. The van der Waals surface area contributed by atoms with Gasteiger partial charge in [-0.05, 0) is 12.8 Å². The highest BCUT2D eigenvalue weighted by atomic mass is 16.1. The molecule has 2 rings (SSSR count). The van der Waals surface area contributed by atoms with Gasteiger partial charge in [-0.3, -0.25) is 9.89 Å². The van der Waals surface area contributed by atoms with Crippen LogP contribution in [0.3, 0.4) is 0 Å². The molecule has 3 nitrogen and oxygen atoms in total. The van der Waals surface area contributed by atoms with Crippen LogP contribution in [0.2, 0.25) is 0 Å². The lowest BCUT2D eigenvalue weighted by atomic mass is 10.1. The number of aryl methyl sites for hydroxylation is 1. The van der Waals surface area contributed by atoms with Crippen molar-refractivity contribution in [2.45, 2.75) is 12.8 Å². The van der Waals surface area contributed by atoms with E-state index in [-0.39, 0.29) is 5.56 Å². The highest BCUT2D eigenvalue weighted by molar-refractivity contribution is 5.52. The summed E-state index contributed by atoms with van der Waals surface area (Å²) in [6, 6.07) is 0. The molecule has 0 saturated carbocycles. The zero-order valence-corrected chi connectivity index (χ0v) is 5.48. The van der Waals surface area contributed by atoms with Crippen molar-refractivity contribution in [2.75, 3.05) is 0 Å².